The van der Waals surface area contributed by atoms with Gasteiger partial charge in [-0.3, -0.25) is 0 Å². The Kier molecular flexibility index (Phi) is 3.45. The highest BCUT2D eigenvalue weighted by molar-refractivity contribution is 5.74. The quantitative estimate of drug-likeness (QED) is 0.782. The zero-order chi connectivity index (χ0) is 15.9. The van der Waals surface area contributed by atoms with E-state index in [1.807, 2.05) is 6.07 Å². The Labute approximate surface area is 130 Å². The van der Waals surface area contributed by atoms with Crippen LogP contribution in [0.3, 0.4) is 0 Å². The molecule has 3 aromatic rings. The van der Waals surface area contributed by atoms with Crippen molar-refractivity contribution in [1.82, 2.24) is 15.0 Å². The minimum atomic E-state index is 0.575. The molecule has 0 bridgehead atoms. The maximum absolute atomic E-state index is 6.36. The van der Waals surface area contributed by atoms with E-state index in [-0.39, 0.29) is 0 Å². The van der Waals surface area contributed by atoms with Crippen molar-refractivity contribution in [2.45, 2.75) is 27.7 Å². The summed E-state index contributed by atoms with van der Waals surface area (Å²) in [6, 6.07) is 12.4. The van der Waals surface area contributed by atoms with E-state index < -0.39 is 0 Å². The first-order valence-electron chi connectivity index (χ1n) is 7.34. The van der Waals surface area contributed by atoms with E-state index in [0.29, 0.717) is 5.82 Å². The van der Waals surface area contributed by atoms with Crippen molar-refractivity contribution in [1.29, 1.82) is 0 Å². The van der Waals surface area contributed by atoms with E-state index in [1.54, 1.807) is 4.68 Å². The monoisotopic (exact) mass is 292 g/mol. The second kappa shape index (κ2) is 5.30. The summed E-state index contributed by atoms with van der Waals surface area (Å²) in [5, 5.41) is 8.63. The molecule has 0 radical (unpaired) electrons. The van der Waals surface area contributed by atoms with Crippen LogP contribution in [0.1, 0.15) is 22.3 Å². The molecule has 0 spiro atoms. The van der Waals surface area contributed by atoms with E-state index >= 15 is 0 Å². The summed E-state index contributed by atoms with van der Waals surface area (Å²) in [5.74, 6) is 0.575. The fraction of sp³-hybridized carbons (Fsp3) is 0.222. The zero-order valence-electron chi connectivity index (χ0n) is 13.4. The molecule has 1 aromatic heterocycles. The number of para-hydroxylation sites is 1. The maximum Gasteiger partial charge on any atom is 0.155 e. The lowest BCUT2D eigenvalue weighted by molar-refractivity contribution is 0.800. The van der Waals surface area contributed by atoms with Crippen LogP contribution < -0.4 is 5.73 Å². The molecule has 1 heterocycles. The summed E-state index contributed by atoms with van der Waals surface area (Å²) >= 11 is 0. The van der Waals surface area contributed by atoms with Crippen LogP contribution in [-0.2, 0) is 0 Å². The van der Waals surface area contributed by atoms with Crippen LogP contribution in [0.15, 0.2) is 36.4 Å². The molecule has 0 amide bonds. The lowest BCUT2D eigenvalue weighted by atomic mass is 10.0. The van der Waals surface area contributed by atoms with Gasteiger partial charge in [-0.15, -0.1) is 5.10 Å². The third kappa shape index (κ3) is 2.26. The Morgan fingerprint density at radius 3 is 2.27 bits per heavy atom. The summed E-state index contributed by atoms with van der Waals surface area (Å²) in [6.07, 6.45) is 0. The average molecular weight is 292 g/mol. The minimum Gasteiger partial charge on any atom is -0.382 e. The Morgan fingerprint density at radius 1 is 0.909 bits per heavy atom. The largest absolute Gasteiger partial charge is 0.382 e. The first-order valence-corrected chi connectivity index (χ1v) is 7.34. The topological polar surface area (TPSA) is 56.7 Å². The third-order valence-corrected chi connectivity index (χ3v) is 4.00. The summed E-state index contributed by atoms with van der Waals surface area (Å²) in [5.41, 5.74) is 13.7. The fourth-order valence-corrected chi connectivity index (χ4v) is 2.78. The molecule has 0 unspecified atom stereocenters. The summed E-state index contributed by atoms with van der Waals surface area (Å²) in [4.78, 5) is 0. The van der Waals surface area contributed by atoms with Crippen LogP contribution in [0.2, 0.25) is 0 Å². The van der Waals surface area contributed by atoms with Crippen molar-refractivity contribution in [2.24, 2.45) is 0 Å². The first-order chi connectivity index (χ1) is 10.5. The summed E-state index contributed by atoms with van der Waals surface area (Å²) in [6.45, 7) is 8.24. The van der Waals surface area contributed by atoms with E-state index in [2.05, 4.69) is 68.3 Å². The Balaban J connectivity index is 2.20. The second-order valence-electron chi connectivity index (χ2n) is 5.79. The molecule has 0 fully saturated rings. The lowest BCUT2D eigenvalue weighted by Crippen LogP contribution is -2.06. The SMILES string of the molecule is Cc1ccc(C)c(-c2nnn(-c3c(C)cccc3C)c2N)c1. The van der Waals surface area contributed by atoms with E-state index in [9.17, 15) is 0 Å². The van der Waals surface area contributed by atoms with E-state index in [1.165, 1.54) is 5.56 Å². The Hall–Kier alpha value is -2.62. The highest BCUT2D eigenvalue weighted by Crippen LogP contribution is 2.30. The van der Waals surface area contributed by atoms with Gasteiger partial charge in [0.25, 0.3) is 0 Å². The van der Waals surface area contributed by atoms with Crippen molar-refractivity contribution < 1.29 is 0 Å². The van der Waals surface area contributed by atoms with Crippen LogP contribution in [0.25, 0.3) is 16.9 Å². The summed E-state index contributed by atoms with van der Waals surface area (Å²) < 4.78 is 1.74. The maximum atomic E-state index is 6.36. The van der Waals surface area contributed by atoms with Crippen molar-refractivity contribution in [3.05, 3.63) is 58.7 Å². The highest BCUT2D eigenvalue weighted by atomic mass is 15.5. The average Bonchev–Trinajstić information content (AvgIpc) is 2.83. The number of nitrogen functional groups attached to an aromatic ring is 1. The molecule has 3 rings (SSSR count). The van der Waals surface area contributed by atoms with Crippen LogP contribution in [-0.4, -0.2) is 15.0 Å². The van der Waals surface area contributed by atoms with Gasteiger partial charge in [-0.1, -0.05) is 41.1 Å². The standard InChI is InChI=1S/C18H20N4/c1-11-8-9-12(2)15(10-11)16-18(19)22(21-20-16)17-13(3)6-5-7-14(17)4/h5-10H,19H2,1-4H3. The van der Waals surface area contributed by atoms with Gasteiger partial charge < -0.3 is 5.73 Å². The van der Waals surface area contributed by atoms with Gasteiger partial charge in [0.2, 0.25) is 0 Å². The van der Waals surface area contributed by atoms with Gasteiger partial charge in [0.1, 0.15) is 5.69 Å². The number of hydrogen-bond acceptors (Lipinski definition) is 3. The van der Waals surface area contributed by atoms with Crippen molar-refractivity contribution in [3.63, 3.8) is 0 Å². The van der Waals surface area contributed by atoms with Gasteiger partial charge in [0.05, 0.1) is 5.69 Å². The van der Waals surface area contributed by atoms with Gasteiger partial charge >= 0.3 is 0 Å². The van der Waals surface area contributed by atoms with Gasteiger partial charge in [0.15, 0.2) is 5.82 Å². The first kappa shape index (κ1) is 14.3. The Morgan fingerprint density at radius 2 is 1.59 bits per heavy atom. The number of nitrogens with two attached hydrogens (primary N) is 1. The van der Waals surface area contributed by atoms with Crippen molar-refractivity contribution in [3.8, 4) is 16.9 Å². The molecule has 2 N–H and O–H groups in total. The fourth-order valence-electron chi connectivity index (χ4n) is 2.78. The van der Waals surface area contributed by atoms with Crippen LogP contribution in [0.5, 0.6) is 0 Å². The predicted molar refractivity (Wildman–Crippen MR) is 90.2 cm³/mol. The third-order valence-electron chi connectivity index (χ3n) is 4.00. The molecule has 0 saturated heterocycles. The second-order valence-corrected chi connectivity index (χ2v) is 5.79. The smallest absolute Gasteiger partial charge is 0.155 e. The van der Waals surface area contributed by atoms with Gasteiger partial charge in [-0.2, -0.15) is 4.68 Å². The van der Waals surface area contributed by atoms with E-state index in [4.69, 9.17) is 5.73 Å². The predicted octanol–water partition coefficient (Wildman–Crippen LogP) is 3.75. The number of nitrogens with zero attached hydrogens (tertiary/aromatic N) is 3. The Bertz CT molecular complexity index is 826. The normalized spacial score (nSPS) is 10.9. The lowest BCUT2D eigenvalue weighted by Gasteiger charge is -2.11. The van der Waals surface area contributed by atoms with Gasteiger partial charge in [0, 0.05) is 5.56 Å². The summed E-state index contributed by atoms with van der Waals surface area (Å²) in [7, 11) is 0. The van der Waals surface area contributed by atoms with E-state index in [0.717, 1.165) is 33.6 Å². The van der Waals surface area contributed by atoms with Crippen molar-refractivity contribution >= 4 is 5.82 Å². The van der Waals surface area contributed by atoms with Crippen molar-refractivity contribution in [2.75, 3.05) is 5.73 Å². The molecule has 22 heavy (non-hydrogen) atoms. The molecular weight excluding hydrogens is 272 g/mol. The molecule has 0 aliphatic rings. The molecule has 0 aliphatic carbocycles. The molecule has 4 nitrogen and oxygen atoms in total. The number of hydrogen-bond donors (Lipinski definition) is 1. The van der Waals surface area contributed by atoms with Crippen LogP contribution in [0.4, 0.5) is 5.82 Å². The minimum absolute atomic E-state index is 0.575. The van der Waals surface area contributed by atoms with Crippen LogP contribution >= 0.6 is 0 Å². The van der Waals surface area contributed by atoms with Gasteiger partial charge in [-0.25, -0.2) is 0 Å². The number of aryl methyl sites for hydroxylation is 4. The zero-order valence-corrected chi connectivity index (χ0v) is 13.4. The number of aromatic nitrogens is 3. The van der Waals surface area contributed by atoms with Crippen LogP contribution in [0, 0.1) is 27.7 Å². The number of anilines is 1. The highest BCUT2D eigenvalue weighted by Gasteiger charge is 2.17. The molecule has 2 aromatic carbocycles. The molecular formula is C18H20N4. The number of benzene rings is 2. The van der Waals surface area contributed by atoms with Gasteiger partial charge in [-0.05, 0) is 50.5 Å². The molecule has 0 aliphatic heterocycles. The number of rotatable bonds is 2. The molecule has 112 valence electrons. The molecule has 0 saturated carbocycles. The molecule has 0 atom stereocenters. The molecule has 4 heteroatoms.